The largest absolute Gasteiger partial charge is 0.397 e. The van der Waals surface area contributed by atoms with E-state index in [9.17, 15) is 4.79 Å². The third-order valence-corrected chi connectivity index (χ3v) is 3.58. The third-order valence-electron chi connectivity index (χ3n) is 3.23. The number of benzene rings is 2. The van der Waals surface area contributed by atoms with Crippen molar-refractivity contribution >= 4 is 28.9 Å². The van der Waals surface area contributed by atoms with Gasteiger partial charge in [0.1, 0.15) is 0 Å². The minimum atomic E-state index is -0.151. The Labute approximate surface area is 130 Å². The van der Waals surface area contributed by atoms with E-state index in [0.717, 1.165) is 5.56 Å². The molecule has 4 heteroatoms. The number of carbonyl (C=O) groups is 1. The van der Waals surface area contributed by atoms with E-state index in [1.807, 2.05) is 24.3 Å². The van der Waals surface area contributed by atoms with Crippen molar-refractivity contribution in [3.63, 3.8) is 0 Å². The van der Waals surface area contributed by atoms with Crippen LogP contribution in [0.1, 0.15) is 36.7 Å². The van der Waals surface area contributed by atoms with Crippen LogP contribution in [0.2, 0.25) is 5.02 Å². The summed E-state index contributed by atoms with van der Waals surface area (Å²) < 4.78 is 0. The zero-order chi connectivity index (χ0) is 15.6. The van der Waals surface area contributed by atoms with Crippen LogP contribution in [0.3, 0.4) is 0 Å². The van der Waals surface area contributed by atoms with Crippen molar-refractivity contribution in [1.82, 2.24) is 0 Å². The van der Waals surface area contributed by atoms with Gasteiger partial charge >= 0.3 is 0 Å². The van der Waals surface area contributed by atoms with Crippen LogP contribution in [0.15, 0.2) is 42.5 Å². The number of nitrogen functional groups attached to an aromatic ring is 1. The fraction of sp³-hybridized carbons (Fsp3) is 0.235. The van der Waals surface area contributed by atoms with E-state index >= 15 is 0 Å². The molecule has 0 atom stereocenters. The van der Waals surface area contributed by atoms with Gasteiger partial charge in [-0.15, -0.1) is 0 Å². The molecule has 0 radical (unpaired) electrons. The average Bonchev–Trinajstić information content (AvgIpc) is 2.42. The van der Waals surface area contributed by atoms with Gasteiger partial charge < -0.3 is 11.1 Å². The second-order valence-electron chi connectivity index (χ2n) is 5.99. The normalized spacial score (nSPS) is 11.2. The van der Waals surface area contributed by atoms with Crippen molar-refractivity contribution in [2.24, 2.45) is 0 Å². The van der Waals surface area contributed by atoms with Crippen LogP contribution in [0.25, 0.3) is 0 Å². The smallest absolute Gasteiger partial charge is 0.255 e. The molecule has 0 unspecified atom stereocenters. The average molecular weight is 303 g/mol. The van der Waals surface area contributed by atoms with E-state index in [0.29, 0.717) is 22.0 Å². The second kappa shape index (κ2) is 5.78. The van der Waals surface area contributed by atoms with Gasteiger partial charge in [0.2, 0.25) is 0 Å². The highest BCUT2D eigenvalue weighted by molar-refractivity contribution is 6.33. The molecule has 0 aliphatic heterocycles. The summed E-state index contributed by atoms with van der Waals surface area (Å²) in [5.41, 5.74) is 8.39. The number of nitrogens with two attached hydrogens (primary N) is 1. The van der Waals surface area contributed by atoms with Gasteiger partial charge in [0.05, 0.1) is 10.7 Å². The number of anilines is 2. The number of hydrogen-bond acceptors (Lipinski definition) is 2. The first-order valence-electron chi connectivity index (χ1n) is 6.75. The molecule has 2 aromatic rings. The van der Waals surface area contributed by atoms with Gasteiger partial charge in [0, 0.05) is 11.3 Å². The van der Waals surface area contributed by atoms with Gasteiger partial charge in [0.25, 0.3) is 5.91 Å². The number of nitrogens with one attached hydrogen (secondary N) is 1. The highest BCUT2D eigenvalue weighted by Crippen LogP contribution is 2.27. The molecule has 0 spiro atoms. The zero-order valence-electron chi connectivity index (χ0n) is 12.4. The van der Waals surface area contributed by atoms with E-state index in [4.69, 9.17) is 17.3 Å². The predicted octanol–water partition coefficient (Wildman–Crippen LogP) is 4.47. The fourth-order valence-corrected chi connectivity index (χ4v) is 2.27. The first-order chi connectivity index (χ1) is 9.79. The highest BCUT2D eigenvalue weighted by Gasteiger charge is 2.21. The summed E-state index contributed by atoms with van der Waals surface area (Å²) in [4.78, 5) is 12.5. The molecule has 0 bridgehead atoms. The molecule has 3 N–H and O–H groups in total. The summed E-state index contributed by atoms with van der Waals surface area (Å²) in [6, 6.07) is 12.7. The Morgan fingerprint density at radius 2 is 1.81 bits per heavy atom. The lowest BCUT2D eigenvalue weighted by Gasteiger charge is -2.22. The maximum absolute atomic E-state index is 12.5. The standard InChI is InChI=1S/C17H19ClN2O/c1-17(2,3)13-7-5-4-6-12(13)16(21)20-11-8-9-14(18)15(19)10-11/h4-10H,19H2,1-3H3,(H,20,21). The van der Waals surface area contributed by atoms with Crippen LogP contribution in [0.4, 0.5) is 11.4 Å². The molecule has 3 nitrogen and oxygen atoms in total. The van der Waals surface area contributed by atoms with E-state index in [1.165, 1.54) is 0 Å². The second-order valence-corrected chi connectivity index (χ2v) is 6.39. The highest BCUT2D eigenvalue weighted by atomic mass is 35.5. The minimum Gasteiger partial charge on any atom is -0.397 e. The summed E-state index contributed by atoms with van der Waals surface area (Å²) in [5.74, 6) is -0.151. The Kier molecular flexibility index (Phi) is 4.24. The summed E-state index contributed by atoms with van der Waals surface area (Å²) in [6.07, 6.45) is 0. The molecule has 0 aliphatic carbocycles. The van der Waals surface area contributed by atoms with Crippen LogP contribution in [0.5, 0.6) is 0 Å². The number of hydrogen-bond donors (Lipinski definition) is 2. The molecule has 1 amide bonds. The van der Waals surface area contributed by atoms with Crippen molar-refractivity contribution in [2.75, 3.05) is 11.1 Å². The van der Waals surface area contributed by atoms with Crippen LogP contribution >= 0.6 is 11.6 Å². The summed E-state index contributed by atoms with van der Waals surface area (Å²) >= 11 is 5.88. The van der Waals surface area contributed by atoms with Gasteiger partial charge in [-0.3, -0.25) is 4.79 Å². The number of rotatable bonds is 2. The number of halogens is 1. The summed E-state index contributed by atoms with van der Waals surface area (Å²) in [6.45, 7) is 6.25. The van der Waals surface area contributed by atoms with Gasteiger partial charge in [0.15, 0.2) is 0 Å². The molecule has 0 saturated carbocycles. The van der Waals surface area contributed by atoms with Crippen LogP contribution in [-0.2, 0) is 5.41 Å². The molecule has 0 saturated heterocycles. The van der Waals surface area contributed by atoms with E-state index in [1.54, 1.807) is 18.2 Å². The summed E-state index contributed by atoms with van der Waals surface area (Å²) in [7, 11) is 0. The lowest BCUT2D eigenvalue weighted by Crippen LogP contribution is -2.20. The molecule has 110 valence electrons. The van der Waals surface area contributed by atoms with Gasteiger partial charge in [-0.1, -0.05) is 50.6 Å². The van der Waals surface area contributed by atoms with Gasteiger partial charge in [-0.05, 0) is 35.2 Å². The van der Waals surface area contributed by atoms with Crippen molar-refractivity contribution in [2.45, 2.75) is 26.2 Å². The van der Waals surface area contributed by atoms with E-state index < -0.39 is 0 Å². The molecule has 2 aromatic carbocycles. The molecule has 0 aromatic heterocycles. The topological polar surface area (TPSA) is 55.1 Å². The Balaban J connectivity index is 2.31. The molecule has 0 heterocycles. The summed E-state index contributed by atoms with van der Waals surface area (Å²) in [5, 5.41) is 3.34. The quantitative estimate of drug-likeness (QED) is 0.804. The molecule has 2 rings (SSSR count). The minimum absolute atomic E-state index is 0.104. The van der Waals surface area contributed by atoms with Crippen molar-refractivity contribution in [3.8, 4) is 0 Å². The zero-order valence-corrected chi connectivity index (χ0v) is 13.2. The lowest BCUT2D eigenvalue weighted by molar-refractivity contribution is 0.102. The first-order valence-corrected chi connectivity index (χ1v) is 7.13. The molecule has 0 aliphatic rings. The third kappa shape index (κ3) is 3.56. The Morgan fingerprint density at radius 3 is 2.43 bits per heavy atom. The van der Waals surface area contributed by atoms with Crippen LogP contribution in [0, 0.1) is 0 Å². The maximum atomic E-state index is 12.5. The Bertz CT molecular complexity index is 675. The predicted molar refractivity (Wildman–Crippen MR) is 89.0 cm³/mol. The maximum Gasteiger partial charge on any atom is 0.255 e. The van der Waals surface area contributed by atoms with Crippen molar-refractivity contribution in [3.05, 3.63) is 58.6 Å². The Morgan fingerprint density at radius 1 is 1.14 bits per heavy atom. The number of amides is 1. The lowest BCUT2D eigenvalue weighted by atomic mass is 9.83. The molecular formula is C17H19ClN2O. The first kappa shape index (κ1) is 15.4. The number of carbonyl (C=O) groups excluding carboxylic acids is 1. The fourth-order valence-electron chi connectivity index (χ4n) is 2.16. The van der Waals surface area contributed by atoms with Gasteiger partial charge in [-0.25, -0.2) is 0 Å². The monoisotopic (exact) mass is 302 g/mol. The van der Waals surface area contributed by atoms with Crippen molar-refractivity contribution in [1.29, 1.82) is 0 Å². The molecule has 0 fully saturated rings. The van der Waals surface area contributed by atoms with Crippen molar-refractivity contribution < 1.29 is 4.79 Å². The SMILES string of the molecule is CC(C)(C)c1ccccc1C(=O)Nc1ccc(Cl)c(N)c1. The van der Waals surface area contributed by atoms with Crippen LogP contribution < -0.4 is 11.1 Å². The van der Waals surface area contributed by atoms with Gasteiger partial charge in [-0.2, -0.15) is 0 Å². The molecular weight excluding hydrogens is 284 g/mol. The van der Waals surface area contributed by atoms with E-state index in [2.05, 4.69) is 26.1 Å². The Hall–Kier alpha value is -2.00. The van der Waals surface area contributed by atoms with Crippen LogP contribution in [-0.4, -0.2) is 5.91 Å². The van der Waals surface area contributed by atoms with E-state index in [-0.39, 0.29) is 11.3 Å². The molecule has 21 heavy (non-hydrogen) atoms.